The van der Waals surface area contributed by atoms with Crippen molar-refractivity contribution in [1.82, 2.24) is 0 Å². The molecule has 10 atom stereocenters. The van der Waals surface area contributed by atoms with Gasteiger partial charge in [0.05, 0.1) is 33.5 Å². The van der Waals surface area contributed by atoms with Gasteiger partial charge in [0.2, 0.25) is 12.0 Å². The topological polar surface area (TPSA) is 217 Å². The first-order valence-corrected chi connectivity index (χ1v) is 15.5. The average molecular weight is 653 g/mol. The average Bonchev–Trinajstić information content (AvgIpc) is 3.33. The summed E-state index contributed by atoms with van der Waals surface area (Å²) < 4.78 is 34.5. The number of ether oxygens (including phenoxy) is 6. The Morgan fingerprint density at radius 2 is 1.41 bits per heavy atom. The molecule has 0 unspecified atom stereocenters. The number of aliphatic hydroxyl groups is 7. The zero-order chi connectivity index (χ0) is 33.1. The molecule has 0 spiro atoms. The van der Waals surface area contributed by atoms with Gasteiger partial charge in [0.1, 0.15) is 48.5 Å². The van der Waals surface area contributed by atoms with Crippen LogP contribution in [0.2, 0.25) is 0 Å². The SMILES string of the molecule is COc1c2cc(c(O[C@@H]3O[C@H](CO[C@@H]4O[C@@H](CO)[C@H](O)[C@H]4O)[C@@H](O)[C@H](O)[C@H]3O)c1OC)CCCC[C@H](O)CCc1ccc(O)c-2c1. The molecule has 3 aliphatic rings. The van der Waals surface area contributed by atoms with Gasteiger partial charge in [-0.05, 0) is 61.4 Å². The molecule has 2 aromatic carbocycles. The van der Waals surface area contributed by atoms with Gasteiger partial charge in [0, 0.05) is 11.1 Å². The lowest BCUT2D eigenvalue weighted by molar-refractivity contribution is -0.290. The highest BCUT2D eigenvalue weighted by atomic mass is 16.7. The van der Waals surface area contributed by atoms with Crippen LogP contribution in [0.1, 0.15) is 36.8 Å². The second kappa shape index (κ2) is 15.0. The first-order chi connectivity index (χ1) is 22.1. The first kappa shape index (κ1) is 34.6. The molecule has 0 saturated carbocycles. The molecular weight excluding hydrogens is 608 g/mol. The van der Waals surface area contributed by atoms with E-state index in [2.05, 4.69) is 0 Å². The lowest BCUT2D eigenvalue weighted by Crippen LogP contribution is -2.60. The van der Waals surface area contributed by atoms with Gasteiger partial charge in [-0.1, -0.05) is 12.5 Å². The zero-order valence-electron chi connectivity index (χ0n) is 25.8. The van der Waals surface area contributed by atoms with E-state index in [1.807, 2.05) is 12.1 Å². The Labute approximate surface area is 266 Å². The predicted octanol–water partition coefficient (Wildman–Crippen LogP) is -0.262. The van der Waals surface area contributed by atoms with Gasteiger partial charge in [0.25, 0.3) is 0 Å². The van der Waals surface area contributed by atoms with E-state index in [1.54, 1.807) is 12.1 Å². The number of methoxy groups -OCH3 is 2. The molecule has 46 heavy (non-hydrogen) atoms. The molecular formula is C32H44O14. The van der Waals surface area contributed by atoms with E-state index in [4.69, 9.17) is 28.4 Å². The molecule has 0 aromatic heterocycles. The number of hydrogen-bond acceptors (Lipinski definition) is 14. The fourth-order valence-corrected chi connectivity index (χ4v) is 6.17. The molecule has 4 bridgehead atoms. The van der Waals surface area contributed by atoms with E-state index in [-0.39, 0.29) is 23.0 Å². The maximum Gasteiger partial charge on any atom is 0.229 e. The highest BCUT2D eigenvalue weighted by Crippen LogP contribution is 2.50. The van der Waals surface area contributed by atoms with Crippen molar-refractivity contribution in [3.63, 3.8) is 0 Å². The summed E-state index contributed by atoms with van der Waals surface area (Å²) in [7, 11) is 2.85. The number of aryl methyl sites for hydroxylation is 2. The van der Waals surface area contributed by atoms with Crippen LogP contribution in [-0.4, -0.2) is 130 Å². The van der Waals surface area contributed by atoms with Crippen LogP contribution in [0.5, 0.6) is 23.0 Å². The summed E-state index contributed by atoms with van der Waals surface area (Å²) in [6.45, 7) is -0.999. The first-order valence-electron chi connectivity index (χ1n) is 15.5. The number of rotatable bonds is 8. The third-order valence-electron chi connectivity index (χ3n) is 8.85. The Morgan fingerprint density at radius 1 is 0.717 bits per heavy atom. The summed E-state index contributed by atoms with van der Waals surface area (Å²) in [6.07, 6.45) is -10.1. The molecule has 256 valence electrons. The maximum absolute atomic E-state index is 10.9. The molecule has 8 N–H and O–H groups in total. The van der Waals surface area contributed by atoms with E-state index in [0.29, 0.717) is 55.2 Å². The number of phenols is 1. The minimum absolute atomic E-state index is 0.0133. The fraction of sp³-hybridized carbons (Fsp3) is 0.625. The van der Waals surface area contributed by atoms with Crippen LogP contribution in [0.15, 0.2) is 24.3 Å². The molecule has 2 aromatic rings. The van der Waals surface area contributed by atoms with E-state index < -0.39 is 74.6 Å². The van der Waals surface area contributed by atoms with Crippen LogP contribution in [-0.2, 0) is 27.1 Å². The van der Waals surface area contributed by atoms with Crippen LogP contribution < -0.4 is 14.2 Å². The summed E-state index contributed by atoms with van der Waals surface area (Å²) in [5, 5.41) is 83.3. The summed E-state index contributed by atoms with van der Waals surface area (Å²) in [5.74, 6) is 0.536. The molecule has 2 saturated heterocycles. The van der Waals surface area contributed by atoms with Crippen LogP contribution in [0, 0.1) is 0 Å². The van der Waals surface area contributed by atoms with Crippen molar-refractivity contribution < 1.29 is 69.3 Å². The van der Waals surface area contributed by atoms with Crippen LogP contribution in [0.25, 0.3) is 11.1 Å². The van der Waals surface area contributed by atoms with E-state index >= 15 is 0 Å². The number of fused-ring (bicyclic) bond motifs is 5. The van der Waals surface area contributed by atoms with Crippen LogP contribution in [0.3, 0.4) is 0 Å². The van der Waals surface area contributed by atoms with Gasteiger partial charge in [-0.2, -0.15) is 0 Å². The molecule has 0 radical (unpaired) electrons. The lowest BCUT2D eigenvalue weighted by atomic mass is 9.95. The maximum atomic E-state index is 10.9. The molecule has 2 heterocycles. The van der Waals surface area contributed by atoms with Crippen molar-refractivity contribution in [2.24, 2.45) is 0 Å². The van der Waals surface area contributed by atoms with Crippen LogP contribution in [0.4, 0.5) is 0 Å². The van der Waals surface area contributed by atoms with Crippen molar-refractivity contribution in [3.8, 4) is 34.1 Å². The Morgan fingerprint density at radius 3 is 2.11 bits per heavy atom. The highest BCUT2D eigenvalue weighted by molar-refractivity contribution is 5.81. The Bertz CT molecular complexity index is 1320. The second-order valence-corrected chi connectivity index (χ2v) is 11.9. The van der Waals surface area contributed by atoms with Crippen molar-refractivity contribution in [3.05, 3.63) is 35.4 Å². The van der Waals surface area contributed by atoms with Gasteiger partial charge in [-0.15, -0.1) is 0 Å². The molecule has 0 amide bonds. The van der Waals surface area contributed by atoms with Crippen molar-refractivity contribution in [2.75, 3.05) is 27.4 Å². The Hall–Kier alpha value is -2.76. The van der Waals surface area contributed by atoms with Crippen molar-refractivity contribution in [2.45, 2.75) is 99.9 Å². The van der Waals surface area contributed by atoms with Gasteiger partial charge in [0.15, 0.2) is 17.8 Å². The molecule has 2 aliphatic heterocycles. The Kier molecular flexibility index (Phi) is 11.3. The number of hydrogen-bond donors (Lipinski definition) is 8. The monoisotopic (exact) mass is 652 g/mol. The molecule has 1 aliphatic carbocycles. The molecule has 2 fully saturated rings. The lowest BCUT2D eigenvalue weighted by Gasteiger charge is -2.40. The summed E-state index contributed by atoms with van der Waals surface area (Å²) in [5.41, 5.74) is 2.56. The number of benzene rings is 2. The largest absolute Gasteiger partial charge is 0.507 e. The summed E-state index contributed by atoms with van der Waals surface area (Å²) in [4.78, 5) is 0. The minimum atomic E-state index is -1.73. The minimum Gasteiger partial charge on any atom is -0.507 e. The summed E-state index contributed by atoms with van der Waals surface area (Å²) >= 11 is 0. The highest BCUT2D eigenvalue weighted by Gasteiger charge is 2.48. The predicted molar refractivity (Wildman–Crippen MR) is 160 cm³/mol. The fourth-order valence-electron chi connectivity index (χ4n) is 6.17. The number of aromatic hydroxyl groups is 1. The third-order valence-corrected chi connectivity index (χ3v) is 8.85. The zero-order valence-corrected chi connectivity index (χ0v) is 25.8. The van der Waals surface area contributed by atoms with Gasteiger partial charge >= 0.3 is 0 Å². The van der Waals surface area contributed by atoms with E-state index in [1.165, 1.54) is 14.2 Å². The molecule has 14 heteroatoms. The normalized spacial score (nSPS) is 33.4. The van der Waals surface area contributed by atoms with Crippen molar-refractivity contribution in [1.29, 1.82) is 0 Å². The summed E-state index contributed by atoms with van der Waals surface area (Å²) in [6, 6.07) is 7.03. The van der Waals surface area contributed by atoms with Crippen molar-refractivity contribution >= 4 is 0 Å². The third kappa shape index (κ3) is 7.06. The van der Waals surface area contributed by atoms with E-state index in [9.17, 15) is 40.9 Å². The smallest absolute Gasteiger partial charge is 0.229 e. The number of phenolic OH excluding ortho intramolecular Hbond substituents is 1. The van der Waals surface area contributed by atoms with Gasteiger partial charge in [-0.25, -0.2) is 0 Å². The number of aliphatic hydroxyl groups excluding tert-OH is 7. The molecule has 14 nitrogen and oxygen atoms in total. The van der Waals surface area contributed by atoms with E-state index in [0.717, 1.165) is 5.56 Å². The van der Waals surface area contributed by atoms with Gasteiger partial charge in [-0.3, -0.25) is 0 Å². The quantitative estimate of drug-likeness (QED) is 0.184. The Balaban J connectivity index is 1.47. The van der Waals surface area contributed by atoms with Crippen LogP contribution >= 0.6 is 0 Å². The van der Waals surface area contributed by atoms with Gasteiger partial charge < -0.3 is 69.3 Å². The standard InChI is InChI=1S/C32H44O14/c1-41-29-19-12-16(5-3-4-6-17(34)9-7-15-8-10-20(35)18(19)11-15)28(30(29)42-2)46-32-27(40)25(38)24(37)22(45-32)14-43-31-26(39)23(36)21(13-33)44-31/h8,10-12,17,21-27,31-40H,3-7,9,13-14H2,1-2H3/t17-,21-,22+,23-,24+,25-,26+,27+,31+,32-/m0/s1. The molecule has 5 rings (SSSR count). The second-order valence-electron chi connectivity index (χ2n) is 11.9.